The third-order valence-corrected chi connectivity index (χ3v) is 7.57. The molecule has 0 radical (unpaired) electrons. The topological polar surface area (TPSA) is 104 Å². The molecule has 0 aromatic carbocycles. The zero-order chi connectivity index (χ0) is 22.8. The largest absolute Gasteiger partial charge is 0.480 e. The number of carbonyl (C=O) groups is 2. The first kappa shape index (κ1) is 28.4. The first-order valence-corrected chi connectivity index (χ1v) is 12.4. The molecule has 0 saturated heterocycles. The number of carbonyl (C=O) groups excluding carboxylic acids is 1. The zero-order valence-electron chi connectivity index (χ0n) is 19.8. The molecule has 0 aromatic rings. The van der Waals surface area contributed by atoms with Crippen molar-refractivity contribution in [1.82, 2.24) is 10.6 Å². The summed E-state index contributed by atoms with van der Waals surface area (Å²) < 4.78 is 0. The second kappa shape index (κ2) is 12.9. The highest BCUT2D eigenvalue weighted by Crippen LogP contribution is 2.27. The van der Waals surface area contributed by atoms with Crippen LogP contribution in [0.15, 0.2) is 0 Å². The number of aliphatic carboxylic acids is 1. The van der Waals surface area contributed by atoms with Gasteiger partial charge in [0.2, 0.25) is 0 Å². The summed E-state index contributed by atoms with van der Waals surface area (Å²) in [6.07, 6.45) is 6.07. The molecule has 0 bridgehead atoms. The van der Waals surface area contributed by atoms with Gasteiger partial charge in [-0.3, -0.25) is 20.2 Å². The van der Waals surface area contributed by atoms with Crippen LogP contribution in [0.1, 0.15) is 87.0 Å². The fraction of sp³-hybridized carbons (Fsp3) is 0.909. The molecule has 5 N–H and O–H groups in total. The van der Waals surface area contributed by atoms with Crippen molar-refractivity contribution in [3.8, 4) is 0 Å². The summed E-state index contributed by atoms with van der Waals surface area (Å²) in [5.41, 5.74) is 4.87. The number of hydrogen-bond acceptors (Lipinski definition) is 6. The van der Waals surface area contributed by atoms with Crippen molar-refractivity contribution in [3.63, 3.8) is 0 Å². The van der Waals surface area contributed by atoms with Crippen LogP contribution in [0.3, 0.4) is 0 Å². The van der Waals surface area contributed by atoms with Crippen molar-refractivity contribution >= 4 is 23.5 Å². The van der Waals surface area contributed by atoms with Crippen LogP contribution < -0.4 is 16.4 Å². The Labute approximate surface area is 182 Å². The fourth-order valence-corrected chi connectivity index (χ4v) is 4.42. The average molecular weight is 432 g/mol. The number of hydrogen-bond donors (Lipinski definition) is 4. The second-order valence-corrected chi connectivity index (χ2v) is 9.57. The standard InChI is InChI=1S/C22H45N3O3S/c1-9-17(14-15(6)29-8)18(20(27)28)25-21(10-2,11-3)19(26)16(7)24-22(23,12-4)13-5/h15-18,24-25H,9-14,23H2,1-8H3,(H,27,28). The molecule has 0 aromatic heterocycles. The molecule has 0 rings (SSSR count). The lowest BCUT2D eigenvalue weighted by atomic mass is 9.81. The molecule has 4 atom stereocenters. The van der Waals surface area contributed by atoms with E-state index in [2.05, 4.69) is 17.6 Å². The maximum absolute atomic E-state index is 13.5. The van der Waals surface area contributed by atoms with Gasteiger partial charge in [0.1, 0.15) is 6.04 Å². The van der Waals surface area contributed by atoms with Crippen LogP contribution in [0.4, 0.5) is 0 Å². The average Bonchev–Trinajstić information content (AvgIpc) is 2.72. The van der Waals surface area contributed by atoms with Crippen LogP contribution >= 0.6 is 11.8 Å². The van der Waals surface area contributed by atoms with Crippen molar-refractivity contribution < 1.29 is 14.7 Å². The number of nitrogens with one attached hydrogen (secondary N) is 2. The molecule has 0 aliphatic carbocycles. The van der Waals surface area contributed by atoms with Gasteiger partial charge in [-0.2, -0.15) is 11.8 Å². The van der Waals surface area contributed by atoms with E-state index in [1.807, 2.05) is 47.8 Å². The number of carboxylic acids is 1. The maximum Gasteiger partial charge on any atom is 0.321 e. The molecule has 29 heavy (non-hydrogen) atoms. The molecule has 6 nitrogen and oxygen atoms in total. The molecule has 0 spiro atoms. The van der Waals surface area contributed by atoms with E-state index in [0.29, 0.717) is 30.9 Å². The number of ketones is 1. The molecule has 0 heterocycles. The zero-order valence-corrected chi connectivity index (χ0v) is 20.6. The Balaban J connectivity index is 5.75. The Morgan fingerprint density at radius 2 is 1.52 bits per heavy atom. The highest BCUT2D eigenvalue weighted by molar-refractivity contribution is 7.99. The summed E-state index contributed by atoms with van der Waals surface area (Å²) in [6.45, 7) is 13.9. The van der Waals surface area contributed by atoms with Gasteiger partial charge in [-0.05, 0) is 51.2 Å². The molecule has 172 valence electrons. The second-order valence-electron chi connectivity index (χ2n) is 8.29. The van der Waals surface area contributed by atoms with Crippen molar-refractivity contribution in [3.05, 3.63) is 0 Å². The Kier molecular flexibility index (Phi) is 12.6. The van der Waals surface area contributed by atoms with E-state index in [1.54, 1.807) is 11.8 Å². The predicted octanol–water partition coefficient (Wildman–Crippen LogP) is 3.78. The Hall–Kier alpha value is -0.630. The number of carboxylic acid groups (broad SMARTS) is 1. The van der Waals surface area contributed by atoms with Gasteiger partial charge in [0.25, 0.3) is 0 Å². The van der Waals surface area contributed by atoms with Crippen molar-refractivity contribution in [2.24, 2.45) is 11.7 Å². The van der Waals surface area contributed by atoms with Gasteiger partial charge in [-0.25, -0.2) is 0 Å². The molecule has 0 fully saturated rings. The van der Waals surface area contributed by atoms with Crippen LogP contribution in [-0.2, 0) is 9.59 Å². The van der Waals surface area contributed by atoms with Crippen molar-refractivity contribution in [2.45, 2.75) is 116 Å². The fourth-order valence-electron chi connectivity index (χ4n) is 3.98. The van der Waals surface area contributed by atoms with E-state index in [0.717, 1.165) is 12.8 Å². The highest BCUT2D eigenvalue weighted by atomic mass is 32.2. The van der Waals surface area contributed by atoms with E-state index in [4.69, 9.17) is 5.73 Å². The van der Waals surface area contributed by atoms with Crippen LogP contribution in [-0.4, -0.2) is 51.7 Å². The minimum absolute atomic E-state index is 0.0155. The normalized spacial score (nSPS) is 16.9. The number of Topliss-reactive ketones (excluding diaryl/α,β-unsaturated/α-hetero) is 1. The monoisotopic (exact) mass is 431 g/mol. The minimum Gasteiger partial charge on any atom is -0.480 e. The van der Waals surface area contributed by atoms with Crippen molar-refractivity contribution in [2.75, 3.05) is 6.26 Å². The van der Waals surface area contributed by atoms with Gasteiger partial charge in [-0.15, -0.1) is 0 Å². The van der Waals surface area contributed by atoms with Crippen LogP contribution in [0.25, 0.3) is 0 Å². The van der Waals surface area contributed by atoms with Crippen molar-refractivity contribution in [1.29, 1.82) is 0 Å². The first-order valence-electron chi connectivity index (χ1n) is 11.1. The lowest BCUT2D eigenvalue weighted by molar-refractivity contribution is -0.143. The summed E-state index contributed by atoms with van der Waals surface area (Å²) in [7, 11) is 0. The van der Waals surface area contributed by atoms with E-state index >= 15 is 0 Å². The lowest BCUT2D eigenvalue weighted by Gasteiger charge is -2.40. The molecule has 0 amide bonds. The SMILES string of the molecule is CCC(CC(C)SC)C(NC(CC)(CC)C(=O)C(C)NC(N)(CC)CC)C(=O)O. The molecular formula is C22H45N3O3S. The summed E-state index contributed by atoms with van der Waals surface area (Å²) in [5, 5.41) is 16.9. The van der Waals surface area contributed by atoms with E-state index in [-0.39, 0.29) is 11.7 Å². The van der Waals surface area contributed by atoms with Gasteiger partial charge in [0.15, 0.2) is 5.78 Å². The first-order chi connectivity index (χ1) is 13.5. The van der Waals surface area contributed by atoms with Gasteiger partial charge in [0, 0.05) is 5.25 Å². The Bertz CT molecular complexity index is 508. The number of rotatable bonds is 16. The molecule has 0 saturated carbocycles. The molecule has 0 aliphatic rings. The molecular weight excluding hydrogens is 386 g/mol. The summed E-state index contributed by atoms with van der Waals surface area (Å²) in [4.78, 5) is 25.7. The number of thioether (sulfide) groups is 1. The van der Waals surface area contributed by atoms with E-state index in [9.17, 15) is 14.7 Å². The minimum atomic E-state index is -0.895. The van der Waals surface area contributed by atoms with Gasteiger partial charge >= 0.3 is 5.97 Å². The molecule has 7 heteroatoms. The smallest absolute Gasteiger partial charge is 0.321 e. The number of nitrogens with two attached hydrogens (primary N) is 1. The molecule has 4 unspecified atom stereocenters. The Morgan fingerprint density at radius 3 is 1.86 bits per heavy atom. The maximum atomic E-state index is 13.5. The van der Waals surface area contributed by atoms with E-state index in [1.165, 1.54) is 0 Å². The summed E-state index contributed by atoms with van der Waals surface area (Å²) in [6, 6.07) is -1.22. The highest BCUT2D eigenvalue weighted by Gasteiger charge is 2.43. The van der Waals surface area contributed by atoms with Crippen LogP contribution in [0.2, 0.25) is 0 Å². The van der Waals surface area contributed by atoms with Crippen LogP contribution in [0.5, 0.6) is 0 Å². The molecule has 0 aliphatic heterocycles. The van der Waals surface area contributed by atoms with Gasteiger partial charge in [0.05, 0.1) is 17.2 Å². The van der Waals surface area contributed by atoms with Crippen LogP contribution in [0, 0.1) is 5.92 Å². The van der Waals surface area contributed by atoms with Gasteiger partial charge in [-0.1, -0.05) is 48.0 Å². The van der Waals surface area contributed by atoms with Gasteiger partial charge < -0.3 is 10.8 Å². The quantitative estimate of drug-likeness (QED) is 0.276. The Morgan fingerprint density at radius 1 is 1.00 bits per heavy atom. The van der Waals surface area contributed by atoms with E-state index < -0.39 is 29.3 Å². The third-order valence-electron chi connectivity index (χ3n) is 6.57. The third kappa shape index (κ3) is 7.85. The lowest BCUT2D eigenvalue weighted by Crippen LogP contribution is -2.66. The predicted molar refractivity (Wildman–Crippen MR) is 124 cm³/mol. The summed E-state index contributed by atoms with van der Waals surface area (Å²) in [5.74, 6) is -0.943. The summed E-state index contributed by atoms with van der Waals surface area (Å²) >= 11 is 1.74.